The molecule has 1 aromatic carbocycles. The fourth-order valence-corrected chi connectivity index (χ4v) is 4.55. The average molecular weight is 484 g/mol. The van der Waals surface area contributed by atoms with Gasteiger partial charge in [-0.2, -0.15) is 0 Å². The summed E-state index contributed by atoms with van der Waals surface area (Å²) in [6.07, 6.45) is 3.07. The summed E-state index contributed by atoms with van der Waals surface area (Å²) in [7, 11) is 0. The number of carboxylic acid groups (broad SMARTS) is 1. The van der Waals surface area contributed by atoms with Gasteiger partial charge in [-0.05, 0) is 61.1 Å². The second-order valence-electron chi connectivity index (χ2n) is 8.63. The summed E-state index contributed by atoms with van der Waals surface area (Å²) >= 11 is 6.45. The van der Waals surface area contributed by atoms with Crippen LogP contribution < -0.4 is 16.0 Å². The molecular formula is C25H27ClFN5O2. The van der Waals surface area contributed by atoms with Gasteiger partial charge in [0.15, 0.2) is 0 Å². The predicted octanol–water partition coefficient (Wildman–Crippen LogP) is 5.78. The van der Waals surface area contributed by atoms with Gasteiger partial charge in [-0.25, -0.2) is 19.2 Å². The van der Waals surface area contributed by atoms with Crippen molar-refractivity contribution in [3.05, 3.63) is 71.1 Å². The molecule has 3 atom stereocenters. The molecule has 1 aliphatic carbocycles. The maximum absolute atomic E-state index is 13.4. The molecule has 1 fully saturated rings. The zero-order chi connectivity index (χ0) is 24.1. The Balaban J connectivity index is 1.44. The Kier molecular flexibility index (Phi) is 7.47. The van der Waals surface area contributed by atoms with E-state index < -0.39 is 6.09 Å². The van der Waals surface area contributed by atoms with Crippen molar-refractivity contribution >= 4 is 29.3 Å². The van der Waals surface area contributed by atoms with Crippen molar-refractivity contribution in [3.8, 4) is 11.3 Å². The van der Waals surface area contributed by atoms with Gasteiger partial charge in [-0.3, -0.25) is 0 Å². The number of nitrogens with zero attached hydrogens (tertiary/aromatic N) is 2. The van der Waals surface area contributed by atoms with Crippen molar-refractivity contribution in [2.45, 2.75) is 44.8 Å². The van der Waals surface area contributed by atoms with Crippen molar-refractivity contribution in [1.29, 1.82) is 0 Å². The lowest BCUT2D eigenvalue weighted by atomic mass is 9.83. The van der Waals surface area contributed by atoms with Gasteiger partial charge in [0.2, 0.25) is 0 Å². The molecule has 4 rings (SSSR count). The van der Waals surface area contributed by atoms with Gasteiger partial charge >= 0.3 is 6.09 Å². The van der Waals surface area contributed by atoms with Gasteiger partial charge in [0.05, 0.1) is 10.7 Å². The maximum Gasteiger partial charge on any atom is 0.404 e. The van der Waals surface area contributed by atoms with Crippen LogP contribution in [0.15, 0.2) is 54.7 Å². The number of amides is 1. The van der Waals surface area contributed by atoms with Crippen LogP contribution in [0.25, 0.3) is 11.3 Å². The Morgan fingerprint density at radius 1 is 1.18 bits per heavy atom. The van der Waals surface area contributed by atoms with E-state index >= 15 is 0 Å². The lowest BCUT2D eigenvalue weighted by Gasteiger charge is -2.34. The third-order valence-electron chi connectivity index (χ3n) is 6.07. The molecule has 1 amide bonds. The molecule has 3 aromatic rings. The zero-order valence-electron chi connectivity index (χ0n) is 18.8. The minimum absolute atomic E-state index is 0.0314. The molecule has 1 aliphatic rings. The van der Waals surface area contributed by atoms with Gasteiger partial charge in [0.25, 0.3) is 0 Å². The average Bonchev–Trinajstić information content (AvgIpc) is 2.81. The van der Waals surface area contributed by atoms with Crippen LogP contribution in [0, 0.1) is 11.7 Å². The summed E-state index contributed by atoms with van der Waals surface area (Å²) < 4.78 is 13.4. The van der Waals surface area contributed by atoms with E-state index in [0.29, 0.717) is 28.9 Å². The van der Waals surface area contributed by atoms with Gasteiger partial charge in [0, 0.05) is 30.4 Å². The Bertz CT molecular complexity index is 1160. The van der Waals surface area contributed by atoms with Crippen molar-refractivity contribution in [1.82, 2.24) is 15.3 Å². The first-order valence-corrected chi connectivity index (χ1v) is 11.6. The van der Waals surface area contributed by atoms with Crippen LogP contribution in [0.2, 0.25) is 5.02 Å². The number of aromatic nitrogens is 2. The first-order valence-electron chi connectivity index (χ1n) is 11.2. The minimum atomic E-state index is -0.979. The molecule has 2 aromatic heterocycles. The molecular weight excluding hydrogens is 457 g/mol. The van der Waals surface area contributed by atoms with E-state index in [2.05, 4.69) is 32.8 Å². The SMILES string of the molecule is C[C@H]1C[C@@H](Nc2cc(-c3cccc(NCc4cccc(F)c4)n3)c(Cl)cn2)CC[C@@H]1NC(=O)O. The number of carbonyl (C=O) groups is 1. The molecule has 1 saturated carbocycles. The van der Waals surface area contributed by atoms with Crippen LogP contribution >= 0.6 is 11.6 Å². The number of hydrogen-bond donors (Lipinski definition) is 4. The van der Waals surface area contributed by atoms with Crippen molar-refractivity contribution in [3.63, 3.8) is 0 Å². The van der Waals surface area contributed by atoms with Crippen LogP contribution in [-0.2, 0) is 6.54 Å². The molecule has 0 bridgehead atoms. The minimum Gasteiger partial charge on any atom is -0.465 e. The lowest BCUT2D eigenvalue weighted by Crippen LogP contribution is -2.44. The molecule has 2 heterocycles. The first kappa shape index (κ1) is 23.8. The zero-order valence-corrected chi connectivity index (χ0v) is 19.5. The monoisotopic (exact) mass is 483 g/mol. The number of benzene rings is 1. The Labute approximate surface area is 202 Å². The Morgan fingerprint density at radius 2 is 2.00 bits per heavy atom. The summed E-state index contributed by atoms with van der Waals surface area (Å²) in [6, 6.07) is 14.1. The highest BCUT2D eigenvalue weighted by molar-refractivity contribution is 6.33. The summed E-state index contributed by atoms with van der Waals surface area (Å²) in [4.78, 5) is 20.1. The molecule has 178 valence electrons. The Hall–Kier alpha value is -3.39. The normalized spacial score (nSPS) is 19.9. The van der Waals surface area contributed by atoms with Crippen LogP contribution in [-0.4, -0.2) is 33.3 Å². The quantitative estimate of drug-likeness (QED) is 0.339. The van der Waals surface area contributed by atoms with E-state index in [4.69, 9.17) is 16.7 Å². The highest BCUT2D eigenvalue weighted by atomic mass is 35.5. The topological polar surface area (TPSA) is 99.2 Å². The second-order valence-corrected chi connectivity index (χ2v) is 9.04. The molecule has 7 nitrogen and oxygen atoms in total. The van der Waals surface area contributed by atoms with Crippen molar-refractivity contribution in [2.75, 3.05) is 10.6 Å². The highest BCUT2D eigenvalue weighted by Gasteiger charge is 2.28. The number of nitrogens with one attached hydrogen (secondary N) is 3. The van der Waals surface area contributed by atoms with E-state index in [1.54, 1.807) is 12.3 Å². The number of halogens is 2. The van der Waals surface area contributed by atoms with E-state index in [0.717, 1.165) is 30.4 Å². The number of anilines is 2. The summed E-state index contributed by atoms with van der Waals surface area (Å²) in [5.74, 6) is 1.30. The maximum atomic E-state index is 13.4. The summed E-state index contributed by atoms with van der Waals surface area (Å²) in [5.41, 5.74) is 2.27. The van der Waals surface area contributed by atoms with Crippen LogP contribution in [0.1, 0.15) is 31.7 Å². The fourth-order valence-electron chi connectivity index (χ4n) is 4.35. The summed E-state index contributed by atoms with van der Waals surface area (Å²) in [5, 5.41) is 18.8. The van der Waals surface area contributed by atoms with Crippen LogP contribution in [0.3, 0.4) is 0 Å². The molecule has 0 radical (unpaired) electrons. The predicted molar refractivity (Wildman–Crippen MR) is 132 cm³/mol. The lowest BCUT2D eigenvalue weighted by molar-refractivity contribution is 0.176. The van der Waals surface area contributed by atoms with E-state index in [1.807, 2.05) is 30.3 Å². The van der Waals surface area contributed by atoms with Gasteiger partial charge < -0.3 is 21.1 Å². The molecule has 0 aliphatic heterocycles. The van der Waals surface area contributed by atoms with Crippen LogP contribution in [0.4, 0.5) is 20.8 Å². The van der Waals surface area contributed by atoms with Crippen molar-refractivity contribution in [2.24, 2.45) is 5.92 Å². The fraction of sp³-hybridized carbons (Fsp3) is 0.320. The number of rotatable bonds is 7. The standard InChI is InChI=1S/C25H27ClFN5O2/c1-15-10-18(8-9-21(15)32-25(33)34)30-24-12-19(20(26)14-29-24)22-6-3-7-23(31-22)28-13-16-4-2-5-17(27)11-16/h2-7,11-12,14-15,18,21,32H,8-10,13H2,1H3,(H,28,31)(H,29,30)(H,33,34)/t15-,18-,21-/m0/s1. The smallest absolute Gasteiger partial charge is 0.404 e. The third-order valence-corrected chi connectivity index (χ3v) is 6.37. The van der Waals surface area contributed by atoms with E-state index in [9.17, 15) is 9.18 Å². The number of pyridine rings is 2. The van der Waals surface area contributed by atoms with Crippen molar-refractivity contribution < 1.29 is 14.3 Å². The molecule has 0 saturated heterocycles. The Morgan fingerprint density at radius 3 is 2.76 bits per heavy atom. The van der Waals surface area contributed by atoms with Gasteiger partial charge in [-0.15, -0.1) is 0 Å². The first-order chi connectivity index (χ1) is 16.4. The van der Waals surface area contributed by atoms with E-state index in [1.165, 1.54) is 12.1 Å². The van der Waals surface area contributed by atoms with Gasteiger partial charge in [0.1, 0.15) is 17.5 Å². The molecule has 4 N–H and O–H groups in total. The summed E-state index contributed by atoms with van der Waals surface area (Å²) in [6.45, 7) is 2.50. The largest absolute Gasteiger partial charge is 0.465 e. The third kappa shape index (κ3) is 6.14. The molecule has 0 unspecified atom stereocenters. The highest BCUT2D eigenvalue weighted by Crippen LogP contribution is 2.31. The molecule has 9 heteroatoms. The molecule has 0 spiro atoms. The second kappa shape index (κ2) is 10.7. The van der Waals surface area contributed by atoms with E-state index in [-0.39, 0.29) is 23.8 Å². The number of hydrogen-bond acceptors (Lipinski definition) is 5. The molecule has 34 heavy (non-hydrogen) atoms. The van der Waals surface area contributed by atoms with Gasteiger partial charge in [-0.1, -0.05) is 36.7 Å². The van der Waals surface area contributed by atoms with Crippen LogP contribution in [0.5, 0.6) is 0 Å².